The Labute approximate surface area is 444 Å². The first-order valence-corrected chi connectivity index (χ1v) is 26.1. The average molecular weight is 1090 g/mol. The van der Waals surface area contributed by atoms with Crippen LogP contribution in [0.2, 0.25) is 5.02 Å². The van der Waals surface area contributed by atoms with Gasteiger partial charge in [0.05, 0.1) is 55.5 Å². The molecule has 17 nitrogen and oxygen atoms in total. The molecular weight excluding hydrogens is 1050 g/mol. The highest BCUT2D eigenvalue weighted by Gasteiger charge is 2.45. The number of amides is 2. The molecule has 3 fully saturated rings. The average Bonchev–Trinajstić information content (AvgIpc) is 4.19. The van der Waals surface area contributed by atoms with Gasteiger partial charge in [-0.25, -0.2) is 27.7 Å². The Balaban J connectivity index is 0.754. The minimum absolute atomic E-state index is 0.00648. The Morgan fingerprint density at radius 3 is 2.59 bits per heavy atom. The number of aliphatic hydroxyl groups excluding tert-OH is 1. The Morgan fingerprint density at radius 1 is 1.08 bits per heavy atom. The molecule has 2 unspecified atom stereocenters. The largest absolute Gasteiger partial charge is 0.461 e. The van der Waals surface area contributed by atoms with Crippen LogP contribution in [0.5, 0.6) is 6.01 Å². The molecule has 4 N–H and O–H groups in total. The lowest BCUT2D eigenvalue weighted by atomic mass is 9.95. The molecule has 3 aromatic carbocycles. The predicted molar refractivity (Wildman–Crippen MR) is 280 cm³/mol. The van der Waals surface area contributed by atoms with Crippen LogP contribution in [0.15, 0.2) is 54.6 Å². The Hall–Kier alpha value is -7.42. The van der Waals surface area contributed by atoms with E-state index in [4.69, 9.17) is 53.7 Å². The van der Waals surface area contributed by atoms with E-state index >= 15 is 13.2 Å². The van der Waals surface area contributed by atoms with E-state index in [0.717, 1.165) is 61.7 Å². The molecule has 0 bridgehead atoms. The van der Waals surface area contributed by atoms with Gasteiger partial charge in [-0.05, 0) is 81.6 Å². The number of benzene rings is 3. The number of ether oxygens (including phenoxy) is 3. The lowest BCUT2D eigenvalue weighted by Gasteiger charge is -2.36. The minimum Gasteiger partial charge on any atom is -0.461 e. The molecule has 3 saturated heterocycles. The molecule has 0 spiro atoms. The van der Waals surface area contributed by atoms with E-state index in [-0.39, 0.29) is 109 Å². The molecule has 0 radical (unpaired) electrons. The summed E-state index contributed by atoms with van der Waals surface area (Å²) in [5.41, 5.74) is 8.62. The summed E-state index contributed by atoms with van der Waals surface area (Å²) in [6, 6.07) is 12.1. The van der Waals surface area contributed by atoms with Gasteiger partial charge in [0, 0.05) is 70.7 Å². The molecule has 9 heterocycles. The number of hydrogen-bond acceptors (Lipinski definition) is 16. The number of cyclic esters (lactones) is 1. The molecule has 388 valence electrons. The zero-order valence-electron chi connectivity index (χ0n) is 40.5. The monoisotopic (exact) mass is 1090 g/mol. The lowest BCUT2D eigenvalue weighted by Crippen LogP contribution is -2.50. The molecule has 2 atom stereocenters. The highest BCUT2D eigenvalue weighted by atomic mass is 35.5. The van der Waals surface area contributed by atoms with Crippen LogP contribution in [0.25, 0.3) is 54.4 Å². The van der Waals surface area contributed by atoms with E-state index in [1.165, 1.54) is 31.2 Å². The van der Waals surface area contributed by atoms with Gasteiger partial charge in [-0.15, -0.1) is 11.3 Å². The first kappa shape index (κ1) is 49.5. The van der Waals surface area contributed by atoms with Gasteiger partial charge in [-0.3, -0.25) is 15.0 Å². The van der Waals surface area contributed by atoms with Crippen molar-refractivity contribution in [3.05, 3.63) is 104 Å². The number of thiophene rings is 1. The van der Waals surface area contributed by atoms with Gasteiger partial charge < -0.3 is 39.4 Å². The normalized spacial score (nSPS) is 18.0. The number of fused-ring (bicyclic) bond motifs is 8. The first-order chi connectivity index (χ1) is 36.5. The molecule has 2 amide bonds. The molecular formula is C53H44ClF3N10O7S2. The predicted octanol–water partition coefficient (Wildman–Crippen LogP) is 9.08. The quantitative estimate of drug-likeness (QED) is 0.0698. The van der Waals surface area contributed by atoms with Gasteiger partial charge in [0.1, 0.15) is 58.0 Å². The van der Waals surface area contributed by atoms with Gasteiger partial charge in [-0.2, -0.15) is 15.2 Å². The third-order valence-corrected chi connectivity index (χ3v) is 17.1. The van der Waals surface area contributed by atoms with Crippen molar-refractivity contribution in [3.63, 3.8) is 0 Å². The number of carbonyl (C=O) groups excluding carboxylic acids is 3. The molecule has 0 aliphatic carbocycles. The molecule has 5 aliphatic rings. The third-order valence-electron chi connectivity index (χ3n) is 15.3. The van der Waals surface area contributed by atoms with Gasteiger partial charge >= 0.3 is 18.1 Å². The summed E-state index contributed by atoms with van der Waals surface area (Å²) in [5.74, 6) is -3.22. The number of nitrogens with one attached hydrogen (secondary N) is 1. The molecule has 4 aromatic heterocycles. The summed E-state index contributed by atoms with van der Waals surface area (Å²) < 4.78 is 67.4. The van der Waals surface area contributed by atoms with Crippen LogP contribution < -0.4 is 20.7 Å². The smallest absolute Gasteiger partial charge is 0.412 e. The van der Waals surface area contributed by atoms with Gasteiger partial charge in [0.25, 0.3) is 5.91 Å². The van der Waals surface area contributed by atoms with E-state index < -0.39 is 47.6 Å². The van der Waals surface area contributed by atoms with Crippen LogP contribution in [0, 0.1) is 33.4 Å². The molecule has 7 aromatic rings. The number of halogens is 4. The van der Waals surface area contributed by atoms with Gasteiger partial charge in [-0.1, -0.05) is 36.5 Å². The Morgan fingerprint density at radius 2 is 1.84 bits per heavy atom. The maximum atomic E-state index is 17.3. The number of aliphatic hydroxyl groups is 1. The van der Waals surface area contributed by atoms with Crippen LogP contribution in [-0.4, -0.2) is 110 Å². The van der Waals surface area contributed by atoms with Crippen LogP contribution in [0.1, 0.15) is 61.0 Å². The van der Waals surface area contributed by atoms with E-state index in [0.29, 0.717) is 51.5 Å². The SMILES string of the molecule is C=C(C(=O)N1CCN(c2nc(OCC34CCCN3CCC4)nc3c(F)c(-c4ccc(F)c5sc(N)c(C#N)c45)c(Cl)cc23)CC1)C(C)OC(=O)Nc1cc2cc3c(nc2cc1F)-c1cc2c(c(=S)n1C3)COC(=O)C2O. The van der Waals surface area contributed by atoms with Crippen LogP contribution >= 0.6 is 35.2 Å². The van der Waals surface area contributed by atoms with E-state index in [9.17, 15) is 24.8 Å². The van der Waals surface area contributed by atoms with Crippen LogP contribution in [-0.2, 0) is 32.2 Å². The standard InChI is InChI=1S/C53H44ClF3N10O7S2/c1-24(25(2)74-52(71)61-37-16-26-15-27-21-67-38(42(27)60-36(26)19-35(37)56)18-29-32(49(67)75)22-72-50(70)44(29)68)48(69)65-13-11-64(12-14-65)47-30-17-33(54)40(28-5-6-34(55)45-39(28)31(20-58)46(59)76-45)41(57)43(30)62-51(63-47)73-23-53-7-3-9-66(53)10-4-8-53/h5-6,15-19,25,44,68H,1,3-4,7-14,21-23,59H2,2H3,(H,61,71). The van der Waals surface area contributed by atoms with Crippen LogP contribution in [0.3, 0.4) is 0 Å². The van der Waals surface area contributed by atoms with Crippen molar-refractivity contribution in [2.24, 2.45) is 0 Å². The number of rotatable bonds is 9. The number of nitrogen functional groups attached to an aromatic ring is 1. The second kappa shape index (κ2) is 18.7. The topological polar surface area (TPSA) is 214 Å². The highest BCUT2D eigenvalue weighted by molar-refractivity contribution is 7.71. The summed E-state index contributed by atoms with van der Waals surface area (Å²) in [6.45, 7) is 8.64. The second-order valence-corrected chi connectivity index (χ2v) is 21.4. The van der Waals surface area contributed by atoms with E-state index in [2.05, 4.69) is 21.8 Å². The van der Waals surface area contributed by atoms with Crippen molar-refractivity contribution < 1.29 is 46.9 Å². The zero-order chi connectivity index (χ0) is 53.1. The summed E-state index contributed by atoms with van der Waals surface area (Å²) in [4.78, 5) is 59.3. The number of nitrogens with two attached hydrogens (primary N) is 1. The van der Waals surface area contributed by atoms with E-state index in [1.54, 1.807) is 17.0 Å². The van der Waals surface area contributed by atoms with Crippen molar-refractivity contribution in [2.75, 3.05) is 61.8 Å². The third kappa shape index (κ3) is 8.05. The molecule has 0 saturated carbocycles. The Bertz CT molecular complexity index is 3830. The number of aromatic nitrogens is 4. The fourth-order valence-corrected chi connectivity index (χ4v) is 13.0. The van der Waals surface area contributed by atoms with Gasteiger partial charge in [0.15, 0.2) is 11.9 Å². The number of nitriles is 1. The zero-order valence-corrected chi connectivity index (χ0v) is 42.9. The van der Waals surface area contributed by atoms with Crippen LogP contribution in [0.4, 0.5) is 34.5 Å². The summed E-state index contributed by atoms with van der Waals surface area (Å²) in [6.07, 6.45) is 0.271. The molecule has 23 heteroatoms. The van der Waals surface area contributed by atoms with Crippen molar-refractivity contribution >= 4 is 102 Å². The summed E-state index contributed by atoms with van der Waals surface area (Å²) >= 11 is 13.5. The summed E-state index contributed by atoms with van der Waals surface area (Å²) in [5, 5.41) is 23.9. The maximum Gasteiger partial charge on any atom is 0.412 e. The number of carbonyl (C=O) groups is 3. The highest BCUT2D eigenvalue weighted by Crippen LogP contribution is 2.47. The number of esters is 1. The first-order valence-electron chi connectivity index (χ1n) is 24.5. The fourth-order valence-electron chi connectivity index (χ4n) is 11.4. The van der Waals surface area contributed by atoms with E-state index in [1.807, 2.05) is 15.5 Å². The number of piperazine rings is 1. The second-order valence-electron chi connectivity index (χ2n) is 19.6. The molecule has 5 aliphatic heterocycles. The van der Waals surface area contributed by atoms with Gasteiger partial charge in [0.2, 0.25) is 0 Å². The number of nitrogens with zero attached hydrogens (tertiary/aromatic N) is 8. The maximum absolute atomic E-state index is 17.3. The van der Waals surface area contributed by atoms with Crippen molar-refractivity contribution in [1.82, 2.24) is 29.3 Å². The fraction of sp³-hybridized carbons (Fsp3) is 0.321. The molecule has 12 rings (SSSR count). The van der Waals surface area contributed by atoms with Crippen molar-refractivity contribution in [1.29, 1.82) is 5.26 Å². The Kier molecular flexibility index (Phi) is 12.2. The number of anilines is 3. The van der Waals surface area contributed by atoms with Crippen molar-refractivity contribution in [3.8, 4) is 34.6 Å². The lowest BCUT2D eigenvalue weighted by molar-refractivity contribution is -0.157. The minimum atomic E-state index is -1.50. The number of pyridine rings is 2. The van der Waals surface area contributed by atoms with Crippen molar-refractivity contribution in [2.45, 2.75) is 63.5 Å². The number of hydrogen-bond donors (Lipinski definition) is 3. The molecule has 76 heavy (non-hydrogen) atoms. The summed E-state index contributed by atoms with van der Waals surface area (Å²) in [7, 11) is 0.